The van der Waals surface area contributed by atoms with Crippen LogP contribution in [0.2, 0.25) is 5.02 Å². The largest absolute Gasteiger partial charge is 0.352 e. The molecule has 2 aliphatic heterocycles. The van der Waals surface area contributed by atoms with Gasteiger partial charge in [0.05, 0.1) is 16.8 Å². The number of halogens is 1. The van der Waals surface area contributed by atoms with Gasteiger partial charge in [0.1, 0.15) is 0 Å². The highest BCUT2D eigenvalue weighted by Gasteiger charge is 2.21. The van der Waals surface area contributed by atoms with Crippen LogP contribution in [0, 0.1) is 13.8 Å². The van der Waals surface area contributed by atoms with E-state index in [-0.39, 0.29) is 5.56 Å². The lowest BCUT2D eigenvalue weighted by Crippen LogP contribution is -2.35. The van der Waals surface area contributed by atoms with Crippen LogP contribution in [0.25, 0.3) is 28.0 Å². The Morgan fingerprint density at radius 1 is 1.04 bits per heavy atom. The average Bonchev–Trinajstić information content (AvgIpc) is 2.62. The number of hydrogen-bond donors (Lipinski definition) is 0. The molecule has 0 N–H and O–H groups in total. The summed E-state index contributed by atoms with van der Waals surface area (Å²) in [5, 5.41) is 1.27. The van der Waals surface area contributed by atoms with Crippen LogP contribution in [0.5, 0.6) is 0 Å². The third kappa shape index (κ3) is 2.28. The molecular formula is C20H16ClN3O2. The standard InChI is InChI=1S/C20H16ClN3O2/c1-11-6-4-8-16(12(11)2)24-17-9-5-7-15(21)13(17)10-14-18(24)22-20(26)23(3)19(14)25/h4-10H,1-3H3. The first-order valence-electron chi connectivity index (χ1n) is 8.18. The Hall–Kier alpha value is -2.92. The summed E-state index contributed by atoms with van der Waals surface area (Å²) in [6.07, 6.45) is 0. The molecule has 2 heterocycles. The van der Waals surface area contributed by atoms with Crippen LogP contribution in [0.4, 0.5) is 0 Å². The monoisotopic (exact) mass is 365 g/mol. The third-order valence-corrected chi connectivity index (χ3v) is 5.18. The fraction of sp³-hybridized carbons (Fsp3) is 0.150. The van der Waals surface area contributed by atoms with Gasteiger partial charge in [-0.2, -0.15) is 4.98 Å². The van der Waals surface area contributed by atoms with Gasteiger partial charge in [-0.1, -0.05) is 29.8 Å². The van der Waals surface area contributed by atoms with Crippen molar-refractivity contribution in [1.29, 1.82) is 0 Å². The summed E-state index contributed by atoms with van der Waals surface area (Å²) < 4.78 is 2.86. The minimum absolute atomic E-state index is 0.335. The second kappa shape index (κ2) is 5.81. The number of fused-ring (bicyclic) bond motifs is 2. The number of aryl methyl sites for hydroxylation is 1. The normalized spacial score (nSPS) is 11.4. The van der Waals surface area contributed by atoms with Crippen LogP contribution < -0.4 is 11.2 Å². The molecule has 0 atom stereocenters. The number of rotatable bonds is 1. The molecule has 0 aromatic heterocycles. The molecule has 0 amide bonds. The molecule has 0 saturated carbocycles. The minimum Gasteiger partial charge on any atom is -0.293 e. The van der Waals surface area contributed by atoms with Crippen molar-refractivity contribution < 1.29 is 0 Å². The molecule has 0 fully saturated rings. The molecule has 0 aliphatic carbocycles. The molecule has 0 spiro atoms. The van der Waals surface area contributed by atoms with Crippen molar-refractivity contribution in [1.82, 2.24) is 14.1 Å². The Morgan fingerprint density at radius 3 is 2.54 bits per heavy atom. The van der Waals surface area contributed by atoms with Gasteiger partial charge >= 0.3 is 5.69 Å². The number of aromatic nitrogens is 3. The average molecular weight is 366 g/mol. The fourth-order valence-electron chi connectivity index (χ4n) is 3.23. The van der Waals surface area contributed by atoms with Gasteiger partial charge in [0.25, 0.3) is 5.56 Å². The molecular weight excluding hydrogens is 350 g/mol. The lowest BCUT2D eigenvalue weighted by Gasteiger charge is -2.21. The van der Waals surface area contributed by atoms with Gasteiger partial charge in [-0.05, 0) is 49.2 Å². The molecule has 4 rings (SSSR count). The maximum Gasteiger partial charge on any atom is 0.352 e. The van der Waals surface area contributed by atoms with E-state index in [2.05, 4.69) is 4.98 Å². The zero-order valence-electron chi connectivity index (χ0n) is 14.6. The van der Waals surface area contributed by atoms with Crippen LogP contribution >= 0.6 is 11.6 Å². The number of benzene rings is 2. The van der Waals surface area contributed by atoms with Gasteiger partial charge in [0.15, 0.2) is 5.82 Å². The smallest absolute Gasteiger partial charge is 0.293 e. The second-order valence-electron chi connectivity index (χ2n) is 6.37. The van der Waals surface area contributed by atoms with Gasteiger partial charge in [-0.25, -0.2) is 4.79 Å². The van der Waals surface area contributed by atoms with Crippen molar-refractivity contribution in [3.63, 3.8) is 0 Å². The molecule has 5 nitrogen and oxygen atoms in total. The maximum atomic E-state index is 12.7. The topological polar surface area (TPSA) is 56.9 Å². The van der Waals surface area contributed by atoms with E-state index in [9.17, 15) is 9.59 Å². The predicted molar refractivity (Wildman–Crippen MR) is 104 cm³/mol. The SMILES string of the molecule is Cc1cccc(-n2c3nc(=O)n(C)c(=O)c-3cc3c(Cl)cccc32)c1C. The van der Waals surface area contributed by atoms with Crippen LogP contribution in [0.15, 0.2) is 52.1 Å². The first kappa shape index (κ1) is 16.5. The van der Waals surface area contributed by atoms with E-state index in [1.807, 2.05) is 48.7 Å². The van der Waals surface area contributed by atoms with E-state index in [0.717, 1.165) is 32.3 Å². The summed E-state index contributed by atoms with van der Waals surface area (Å²) in [6, 6.07) is 13.2. The summed E-state index contributed by atoms with van der Waals surface area (Å²) in [4.78, 5) is 29.1. The first-order valence-corrected chi connectivity index (χ1v) is 8.55. The highest BCUT2D eigenvalue weighted by Crippen LogP contribution is 2.33. The molecule has 130 valence electrons. The zero-order valence-corrected chi connectivity index (χ0v) is 15.3. The first-order chi connectivity index (χ1) is 12.4. The van der Waals surface area contributed by atoms with Crippen molar-refractivity contribution in [2.45, 2.75) is 13.8 Å². The predicted octanol–water partition coefficient (Wildman–Crippen LogP) is 3.46. The van der Waals surface area contributed by atoms with Crippen LogP contribution in [0.1, 0.15) is 11.1 Å². The van der Waals surface area contributed by atoms with Gasteiger partial charge in [0, 0.05) is 17.5 Å². The Balaban J connectivity index is 2.33. The third-order valence-electron chi connectivity index (χ3n) is 4.85. The molecule has 2 aliphatic rings. The van der Waals surface area contributed by atoms with Crippen LogP contribution in [-0.4, -0.2) is 14.1 Å². The van der Waals surface area contributed by atoms with Crippen molar-refractivity contribution in [3.8, 4) is 17.1 Å². The summed E-state index contributed by atoms with van der Waals surface area (Å²) in [5.74, 6) is 0.335. The van der Waals surface area contributed by atoms with E-state index in [1.54, 1.807) is 12.1 Å². The molecule has 0 radical (unpaired) electrons. The van der Waals surface area contributed by atoms with Crippen molar-refractivity contribution in [2.24, 2.45) is 7.05 Å². The van der Waals surface area contributed by atoms with E-state index in [1.165, 1.54) is 7.05 Å². The zero-order chi connectivity index (χ0) is 18.6. The fourth-order valence-corrected chi connectivity index (χ4v) is 3.45. The summed E-state index contributed by atoms with van der Waals surface area (Å²) in [6.45, 7) is 4.03. The Morgan fingerprint density at radius 2 is 1.77 bits per heavy atom. The van der Waals surface area contributed by atoms with Crippen molar-refractivity contribution >= 4 is 22.5 Å². The van der Waals surface area contributed by atoms with E-state index in [0.29, 0.717) is 16.4 Å². The van der Waals surface area contributed by atoms with E-state index in [4.69, 9.17) is 11.6 Å². The number of nitrogens with zero attached hydrogens (tertiary/aromatic N) is 3. The molecule has 0 unspecified atom stereocenters. The molecule has 0 saturated heterocycles. The molecule has 2 aromatic carbocycles. The van der Waals surface area contributed by atoms with Crippen LogP contribution in [0.3, 0.4) is 0 Å². The number of hydrogen-bond acceptors (Lipinski definition) is 3. The summed E-state index contributed by atoms with van der Waals surface area (Å²) in [5.41, 5.74) is 3.19. The Labute approximate surface area is 154 Å². The maximum absolute atomic E-state index is 12.7. The Kier molecular flexibility index (Phi) is 3.70. The minimum atomic E-state index is -0.581. The lowest BCUT2D eigenvalue weighted by atomic mass is 10.0. The van der Waals surface area contributed by atoms with Gasteiger partial charge in [-0.15, -0.1) is 0 Å². The molecule has 0 bridgehead atoms. The van der Waals surface area contributed by atoms with E-state index < -0.39 is 5.69 Å². The highest BCUT2D eigenvalue weighted by molar-refractivity contribution is 6.35. The Bertz CT molecular complexity index is 1270. The van der Waals surface area contributed by atoms with Crippen molar-refractivity contribution in [2.75, 3.05) is 0 Å². The highest BCUT2D eigenvalue weighted by atomic mass is 35.5. The molecule has 6 heteroatoms. The van der Waals surface area contributed by atoms with Gasteiger partial charge in [0.2, 0.25) is 0 Å². The van der Waals surface area contributed by atoms with Crippen LogP contribution in [-0.2, 0) is 7.05 Å². The molecule has 26 heavy (non-hydrogen) atoms. The lowest BCUT2D eigenvalue weighted by molar-refractivity contribution is 0.766. The quantitative estimate of drug-likeness (QED) is 0.485. The summed E-state index contributed by atoms with van der Waals surface area (Å²) in [7, 11) is 1.43. The van der Waals surface area contributed by atoms with E-state index >= 15 is 0 Å². The van der Waals surface area contributed by atoms with Gasteiger partial charge < -0.3 is 0 Å². The molecule has 2 aromatic rings. The second-order valence-corrected chi connectivity index (χ2v) is 6.77. The van der Waals surface area contributed by atoms with Gasteiger partial charge in [-0.3, -0.25) is 13.9 Å². The van der Waals surface area contributed by atoms with Crippen molar-refractivity contribution in [3.05, 3.63) is 79.5 Å². The number of pyridine rings is 1. The summed E-state index contributed by atoms with van der Waals surface area (Å²) >= 11 is 6.41.